The maximum atomic E-state index is 10.1. The minimum atomic E-state index is -0.112. The summed E-state index contributed by atoms with van der Waals surface area (Å²) in [4.78, 5) is 4.11. The predicted molar refractivity (Wildman–Crippen MR) is 44.3 cm³/mol. The van der Waals surface area contributed by atoms with Crippen LogP contribution in [0.1, 0.15) is 17.0 Å². The van der Waals surface area contributed by atoms with Gasteiger partial charge in [0.1, 0.15) is 0 Å². The van der Waals surface area contributed by atoms with E-state index in [1.165, 1.54) is 0 Å². The molecule has 0 aliphatic rings. The van der Waals surface area contributed by atoms with E-state index >= 15 is 0 Å². The van der Waals surface area contributed by atoms with Gasteiger partial charge in [0.2, 0.25) is 0 Å². The molecule has 0 saturated carbocycles. The van der Waals surface area contributed by atoms with Crippen LogP contribution in [0.5, 0.6) is 0 Å². The molecular weight excluding hydrogens is 157 g/mol. The van der Waals surface area contributed by atoms with Crippen LogP contribution >= 0.6 is 7.92 Å². The zero-order chi connectivity index (χ0) is 8.27. The van der Waals surface area contributed by atoms with Crippen LogP contribution in [-0.4, -0.2) is 4.98 Å². The van der Waals surface area contributed by atoms with Gasteiger partial charge < -0.3 is 0 Å². The Hall–Kier alpha value is -0.840. The molecule has 0 aliphatic carbocycles. The first kappa shape index (κ1) is 8.26. The number of pyridine rings is 1. The third-order valence-electron chi connectivity index (χ3n) is 1.26. The van der Waals surface area contributed by atoms with E-state index in [1.54, 1.807) is 0 Å². The molecule has 0 spiro atoms. The number of nitrogens with zero attached hydrogens (tertiary/aromatic N) is 1. The van der Waals surface area contributed by atoms with Gasteiger partial charge in [-0.1, -0.05) is 0 Å². The van der Waals surface area contributed by atoms with Crippen molar-refractivity contribution in [2.24, 2.45) is 0 Å². The zero-order valence-electron chi connectivity index (χ0n) is 6.46. The predicted octanol–water partition coefficient (Wildman–Crippen LogP) is 2.30. The van der Waals surface area contributed by atoms with E-state index in [2.05, 4.69) is 10.6 Å². The Kier molecular flexibility index (Phi) is 2.64. The van der Waals surface area contributed by atoms with Crippen LogP contribution in [0.3, 0.4) is 0 Å². The Morgan fingerprint density at radius 2 is 2.18 bits per heavy atom. The monoisotopic (exact) mass is 165 g/mol. The van der Waals surface area contributed by atoms with Crippen molar-refractivity contribution in [3.05, 3.63) is 29.1 Å². The summed E-state index contributed by atoms with van der Waals surface area (Å²) < 4.78 is 10.1. The molecule has 3 heteroatoms. The maximum absolute atomic E-state index is 10.1. The second kappa shape index (κ2) is 3.52. The molecule has 0 aromatic carbocycles. The summed E-state index contributed by atoms with van der Waals surface area (Å²) in [5.41, 5.74) is 5.29. The van der Waals surface area contributed by atoms with Crippen LogP contribution in [0.2, 0.25) is 0 Å². The second-order valence-electron chi connectivity index (χ2n) is 2.37. The van der Waals surface area contributed by atoms with Gasteiger partial charge in [0.05, 0.1) is 0 Å². The van der Waals surface area contributed by atoms with E-state index in [1.807, 2.05) is 26.0 Å². The van der Waals surface area contributed by atoms with Crippen molar-refractivity contribution in [1.29, 1.82) is 0 Å². The fraction of sp³-hybridized carbons (Fsp3) is 0.250. The summed E-state index contributed by atoms with van der Waals surface area (Å²) in [6.45, 7) is 3.88. The molecule has 0 amide bonds. The van der Waals surface area contributed by atoms with Crippen LogP contribution < -0.4 is 0 Å². The van der Waals surface area contributed by atoms with Gasteiger partial charge in [-0.2, -0.15) is 0 Å². The van der Waals surface area contributed by atoms with Crippen molar-refractivity contribution in [2.45, 2.75) is 13.8 Å². The number of hydrogen-bond acceptors (Lipinski definition) is 2. The van der Waals surface area contributed by atoms with E-state index in [4.69, 9.17) is 0 Å². The van der Waals surface area contributed by atoms with Gasteiger partial charge in [0.25, 0.3) is 0 Å². The molecule has 1 heterocycles. The molecule has 0 saturated heterocycles. The summed E-state index contributed by atoms with van der Waals surface area (Å²) in [7, 11) is -0.112. The van der Waals surface area contributed by atoms with Gasteiger partial charge in [-0.25, -0.2) is 0 Å². The summed E-state index contributed by atoms with van der Waals surface area (Å²) in [5.74, 6) is 0. The Labute approximate surface area is 66.8 Å². The number of hydrogen-bond donors (Lipinski definition) is 0. The van der Waals surface area contributed by atoms with Crippen LogP contribution in [0.4, 0.5) is 0 Å². The van der Waals surface area contributed by atoms with E-state index in [9.17, 15) is 4.57 Å². The first-order chi connectivity index (χ1) is 5.22. The van der Waals surface area contributed by atoms with Gasteiger partial charge in [-0.05, 0) is 0 Å². The molecule has 1 rings (SSSR count). The van der Waals surface area contributed by atoms with E-state index < -0.39 is 0 Å². The minimum absolute atomic E-state index is 0.112. The van der Waals surface area contributed by atoms with Crippen molar-refractivity contribution < 1.29 is 4.57 Å². The first-order valence-electron chi connectivity index (χ1n) is 3.26. The average molecular weight is 165 g/mol. The Balaban J connectivity index is 3.25. The van der Waals surface area contributed by atoms with Gasteiger partial charge in [-0.15, -0.1) is 0 Å². The molecular formula is C8H8NOP. The quantitative estimate of drug-likeness (QED) is 0.552. The van der Waals surface area contributed by atoms with Gasteiger partial charge in [-0.3, -0.25) is 0 Å². The van der Waals surface area contributed by atoms with Crippen molar-refractivity contribution in [1.82, 2.24) is 4.98 Å². The number of aromatic nitrogens is 1. The molecule has 0 N–H and O–H groups in total. The molecule has 0 radical (unpaired) electrons. The van der Waals surface area contributed by atoms with E-state index in [0.29, 0.717) is 5.69 Å². The van der Waals surface area contributed by atoms with Gasteiger partial charge in [0.15, 0.2) is 0 Å². The van der Waals surface area contributed by atoms with Crippen molar-refractivity contribution in [3.63, 3.8) is 0 Å². The first-order valence-corrected chi connectivity index (χ1v) is 4.07. The molecule has 1 aromatic rings. The Morgan fingerprint density at radius 3 is 2.73 bits per heavy atom. The summed E-state index contributed by atoms with van der Waals surface area (Å²) in [5, 5.41) is 0. The van der Waals surface area contributed by atoms with E-state index in [0.717, 1.165) is 11.3 Å². The van der Waals surface area contributed by atoms with Crippen molar-refractivity contribution in [2.75, 3.05) is 0 Å². The third kappa shape index (κ3) is 2.34. The SMILES string of the molecule is Cc1cc(C)nc(C#P=O)c1. The average Bonchev–Trinajstić information content (AvgIpc) is 1.85. The number of aryl methyl sites for hydroxylation is 2. The van der Waals surface area contributed by atoms with Crippen LogP contribution in [0.25, 0.3) is 0 Å². The summed E-state index contributed by atoms with van der Waals surface area (Å²) >= 11 is 0. The standard InChI is InChI=1S/C8H8NOP/c1-6-3-7(2)9-8(4-6)5-11-10/h3-4H,1-2H3. The fourth-order valence-electron chi connectivity index (χ4n) is 0.945. The molecule has 0 aliphatic heterocycles. The third-order valence-corrected chi connectivity index (χ3v) is 1.58. The molecule has 1 aromatic heterocycles. The normalized spacial score (nSPS) is 8.91. The Morgan fingerprint density at radius 1 is 1.45 bits per heavy atom. The second-order valence-corrected chi connectivity index (χ2v) is 2.78. The van der Waals surface area contributed by atoms with Crippen molar-refractivity contribution in [3.8, 4) is 5.63 Å². The number of rotatable bonds is 0. The topological polar surface area (TPSA) is 30.0 Å². The molecule has 0 atom stereocenters. The van der Waals surface area contributed by atoms with Crippen LogP contribution in [-0.2, 0) is 4.57 Å². The van der Waals surface area contributed by atoms with Crippen LogP contribution in [0, 0.1) is 19.5 Å². The molecule has 56 valence electrons. The fourth-order valence-corrected chi connectivity index (χ4v) is 1.15. The van der Waals surface area contributed by atoms with Crippen LogP contribution in [0.15, 0.2) is 12.1 Å². The molecule has 11 heavy (non-hydrogen) atoms. The van der Waals surface area contributed by atoms with Crippen molar-refractivity contribution >= 4 is 7.92 Å². The van der Waals surface area contributed by atoms with E-state index in [-0.39, 0.29) is 7.92 Å². The molecule has 0 fully saturated rings. The summed E-state index contributed by atoms with van der Waals surface area (Å²) in [6, 6.07) is 3.81. The van der Waals surface area contributed by atoms with Gasteiger partial charge >= 0.3 is 66.0 Å². The molecule has 2 nitrogen and oxygen atoms in total. The summed E-state index contributed by atoms with van der Waals surface area (Å²) in [6.07, 6.45) is 0. The molecule has 0 bridgehead atoms. The molecule has 0 unspecified atom stereocenters. The Bertz CT molecular complexity index is 346. The van der Waals surface area contributed by atoms with Gasteiger partial charge in [0, 0.05) is 0 Å². The zero-order valence-corrected chi connectivity index (χ0v) is 7.35.